The van der Waals surface area contributed by atoms with E-state index in [1.165, 1.54) is 83.5 Å². The van der Waals surface area contributed by atoms with Gasteiger partial charge in [0.2, 0.25) is 0 Å². The van der Waals surface area contributed by atoms with Gasteiger partial charge < -0.3 is 4.48 Å². The molecule has 0 bridgehead atoms. The van der Waals surface area contributed by atoms with E-state index < -0.39 is 15.4 Å². The fourth-order valence-corrected chi connectivity index (χ4v) is 5.48. The molecule has 1 heterocycles. The van der Waals surface area contributed by atoms with Gasteiger partial charge in [-0.2, -0.15) is 8.42 Å². The predicted octanol–water partition coefficient (Wildman–Crippen LogP) is 6.35. The number of unbranched alkanes of at least 4 members (excludes halogenated alkanes) is 11. The van der Waals surface area contributed by atoms with Crippen LogP contribution in [0.4, 0.5) is 0 Å². The van der Waals surface area contributed by atoms with E-state index in [4.69, 9.17) is 0 Å². The minimum absolute atomic E-state index is 0.563. The molecule has 0 spiro atoms. The molecule has 1 unspecified atom stereocenters. The fraction of sp³-hybridized carbons (Fsp3) is 1.00. The Morgan fingerprint density at radius 2 is 1.21 bits per heavy atom. The SMILES string of the molecule is CCCCCCCCCCCCCCC(CC[N+]1(C)CCCCC1)S(=O)(=O)O. The van der Waals surface area contributed by atoms with E-state index in [1.807, 2.05) is 0 Å². The first-order valence-electron chi connectivity index (χ1n) is 12.2. The first kappa shape index (κ1) is 25.9. The molecule has 5 heteroatoms. The highest BCUT2D eigenvalue weighted by Crippen LogP contribution is 2.21. The highest BCUT2D eigenvalue weighted by Gasteiger charge is 2.29. The summed E-state index contributed by atoms with van der Waals surface area (Å²) in [6, 6.07) is 0. The second-order valence-electron chi connectivity index (χ2n) is 9.45. The number of piperidine rings is 1. The number of nitrogens with zero attached hydrogens (tertiary/aromatic N) is 1. The Morgan fingerprint density at radius 3 is 1.68 bits per heavy atom. The maximum absolute atomic E-state index is 11.8. The van der Waals surface area contributed by atoms with E-state index in [0.29, 0.717) is 12.8 Å². The van der Waals surface area contributed by atoms with Crippen LogP contribution in [0.1, 0.15) is 116 Å². The lowest BCUT2D eigenvalue weighted by Crippen LogP contribution is -2.49. The van der Waals surface area contributed by atoms with Gasteiger partial charge in [-0.3, -0.25) is 4.55 Å². The van der Waals surface area contributed by atoms with Crippen molar-refractivity contribution < 1.29 is 17.5 Å². The molecule has 1 aliphatic rings. The summed E-state index contributed by atoms with van der Waals surface area (Å²) in [7, 11) is -1.68. The molecule has 4 nitrogen and oxygen atoms in total. The van der Waals surface area contributed by atoms with Gasteiger partial charge in [-0.25, -0.2) is 0 Å². The van der Waals surface area contributed by atoms with E-state index in [-0.39, 0.29) is 0 Å². The summed E-state index contributed by atoms with van der Waals surface area (Å²) in [5, 5.41) is -0.563. The average molecular weight is 419 g/mol. The van der Waals surface area contributed by atoms with E-state index in [1.54, 1.807) is 0 Å². The summed E-state index contributed by atoms with van der Waals surface area (Å²) in [5.74, 6) is 0. The van der Waals surface area contributed by atoms with Gasteiger partial charge in [0.25, 0.3) is 10.1 Å². The van der Waals surface area contributed by atoms with Crippen LogP contribution in [0, 0.1) is 0 Å². The first-order chi connectivity index (χ1) is 13.4. The van der Waals surface area contributed by atoms with Crippen molar-refractivity contribution in [1.82, 2.24) is 0 Å². The van der Waals surface area contributed by atoms with E-state index >= 15 is 0 Å². The van der Waals surface area contributed by atoms with E-state index in [2.05, 4.69) is 14.0 Å². The molecule has 1 saturated heterocycles. The van der Waals surface area contributed by atoms with Crippen LogP contribution in [0.2, 0.25) is 0 Å². The van der Waals surface area contributed by atoms with Gasteiger partial charge in [-0.05, 0) is 25.7 Å². The Morgan fingerprint density at radius 1 is 0.750 bits per heavy atom. The summed E-state index contributed by atoms with van der Waals surface area (Å²) in [4.78, 5) is 0. The Bertz CT molecular complexity index is 472. The molecule has 1 N–H and O–H groups in total. The molecule has 0 saturated carbocycles. The molecule has 1 rings (SSSR count). The van der Waals surface area contributed by atoms with Crippen molar-refractivity contribution in [3.05, 3.63) is 0 Å². The van der Waals surface area contributed by atoms with Crippen molar-refractivity contribution in [3.8, 4) is 0 Å². The normalized spacial score (nSPS) is 18.2. The summed E-state index contributed by atoms with van der Waals surface area (Å²) < 4.78 is 34.2. The van der Waals surface area contributed by atoms with Gasteiger partial charge in [0.1, 0.15) is 0 Å². The Kier molecular flexibility index (Phi) is 13.7. The summed E-state index contributed by atoms with van der Waals surface area (Å²) >= 11 is 0. The molecular formula is C23H48NO3S+. The minimum Gasteiger partial charge on any atom is -0.326 e. The molecule has 28 heavy (non-hydrogen) atoms. The van der Waals surface area contributed by atoms with Crippen LogP contribution in [0.25, 0.3) is 0 Å². The second-order valence-corrected chi connectivity index (χ2v) is 11.2. The van der Waals surface area contributed by atoms with Crippen molar-refractivity contribution in [2.24, 2.45) is 0 Å². The van der Waals surface area contributed by atoms with Crippen molar-refractivity contribution in [2.75, 3.05) is 26.7 Å². The van der Waals surface area contributed by atoms with Crippen LogP contribution in [0.5, 0.6) is 0 Å². The molecule has 0 aliphatic carbocycles. The van der Waals surface area contributed by atoms with Gasteiger partial charge in [0.15, 0.2) is 0 Å². The van der Waals surface area contributed by atoms with Gasteiger partial charge in [0, 0.05) is 6.42 Å². The first-order valence-corrected chi connectivity index (χ1v) is 13.7. The van der Waals surface area contributed by atoms with Gasteiger partial charge in [-0.1, -0.05) is 84.0 Å². The molecule has 1 atom stereocenters. The molecule has 168 valence electrons. The third-order valence-electron chi connectivity index (χ3n) is 6.69. The van der Waals surface area contributed by atoms with Crippen molar-refractivity contribution in [2.45, 2.75) is 121 Å². The highest BCUT2D eigenvalue weighted by molar-refractivity contribution is 7.86. The Balaban J connectivity index is 2.09. The van der Waals surface area contributed by atoms with Crippen LogP contribution in [0.15, 0.2) is 0 Å². The van der Waals surface area contributed by atoms with Crippen molar-refractivity contribution in [3.63, 3.8) is 0 Å². The third kappa shape index (κ3) is 12.4. The Labute approximate surface area is 175 Å². The zero-order valence-corrected chi connectivity index (χ0v) is 19.7. The maximum Gasteiger partial charge on any atom is 0.267 e. The molecule has 0 radical (unpaired) electrons. The topological polar surface area (TPSA) is 54.4 Å². The monoisotopic (exact) mass is 418 g/mol. The number of hydrogen-bond donors (Lipinski definition) is 1. The Hall–Kier alpha value is -0.130. The van der Waals surface area contributed by atoms with Crippen molar-refractivity contribution >= 4 is 10.1 Å². The summed E-state index contributed by atoms with van der Waals surface area (Å²) in [6.07, 6.45) is 20.4. The lowest BCUT2D eigenvalue weighted by atomic mass is 10.0. The minimum atomic E-state index is -3.92. The standard InChI is InChI=1S/C23H47NO3S/c1-3-4-5-6-7-8-9-10-11-12-13-15-18-23(28(25,26)27)19-22-24(2)20-16-14-17-21-24/h23H,3-22H2,1-2H3/p+1. The average Bonchev–Trinajstić information content (AvgIpc) is 2.64. The predicted molar refractivity (Wildman–Crippen MR) is 120 cm³/mol. The molecule has 0 aromatic rings. The highest BCUT2D eigenvalue weighted by atomic mass is 32.2. The molecule has 0 aromatic carbocycles. The quantitative estimate of drug-likeness (QED) is 0.170. The van der Waals surface area contributed by atoms with Gasteiger partial charge in [0.05, 0.1) is 31.9 Å². The van der Waals surface area contributed by atoms with E-state index in [9.17, 15) is 13.0 Å². The second kappa shape index (κ2) is 14.8. The lowest BCUT2D eigenvalue weighted by Gasteiger charge is -2.38. The largest absolute Gasteiger partial charge is 0.326 e. The molecule has 1 aliphatic heterocycles. The van der Waals surface area contributed by atoms with E-state index in [0.717, 1.165) is 37.0 Å². The van der Waals surface area contributed by atoms with Gasteiger partial charge in [-0.15, -0.1) is 0 Å². The zero-order valence-electron chi connectivity index (χ0n) is 18.8. The smallest absolute Gasteiger partial charge is 0.267 e. The molecule has 0 amide bonds. The fourth-order valence-electron chi connectivity index (χ4n) is 4.61. The molecular weight excluding hydrogens is 370 g/mol. The van der Waals surface area contributed by atoms with Crippen molar-refractivity contribution in [1.29, 1.82) is 0 Å². The van der Waals surface area contributed by atoms with Crippen LogP contribution in [0.3, 0.4) is 0 Å². The molecule has 1 fully saturated rings. The van der Waals surface area contributed by atoms with Crippen LogP contribution in [-0.4, -0.2) is 49.4 Å². The zero-order chi connectivity index (χ0) is 20.7. The van der Waals surface area contributed by atoms with Crippen LogP contribution < -0.4 is 0 Å². The molecule has 0 aromatic heterocycles. The lowest BCUT2D eigenvalue weighted by molar-refractivity contribution is -0.914. The third-order valence-corrected chi connectivity index (χ3v) is 8.00. The summed E-state index contributed by atoms with van der Waals surface area (Å²) in [5.41, 5.74) is 0. The maximum atomic E-state index is 11.8. The number of hydrogen-bond acceptors (Lipinski definition) is 2. The van der Waals surface area contributed by atoms with Crippen LogP contribution in [-0.2, 0) is 10.1 Å². The summed E-state index contributed by atoms with van der Waals surface area (Å²) in [6.45, 7) is 5.44. The van der Waals surface area contributed by atoms with Gasteiger partial charge >= 0.3 is 0 Å². The number of rotatable bonds is 17. The number of quaternary nitrogens is 1. The van der Waals surface area contributed by atoms with Crippen LogP contribution >= 0.6 is 0 Å². The number of likely N-dealkylation sites (tertiary alicyclic amines) is 1.